The maximum atomic E-state index is 6.16. The van der Waals surface area contributed by atoms with E-state index in [1.54, 1.807) is 7.11 Å². The Balaban J connectivity index is 1.71. The van der Waals surface area contributed by atoms with Crippen LogP contribution in [-0.4, -0.2) is 31.6 Å². The van der Waals surface area contributed by atoms with E-state index in [-0.39, 0.29) is 0 Å². The van der Waals surface area contributed by atoms with Crippen LogP contribution >= 0.6 is 0 Å². The van der Waals surface area contributed by atoms with E-state index in [9.17, 15) is 0 Å². The van der Waals surface area contributed by atoms with Gasteiger partial charge in [-0.3, -0.25) is 0 Å². The van der Waals surface area contributed by atoms with Crippen LogP contribution in [0.15, 0.2) is 48.5 Å². The summed E-state index contributed by atoms with van der Waals surface area (Å²) in [6, 6.07) is 16.8. The van der Waals surface area contributed by atoms with Crippen LogP contribution in [-0.2, 0) is 6.42 Å². The smallest absolute Gasteiger partial charge is 0.169 e. The van der Waals surface area contributed by atoms with E-state index >= 15 is 0 Å². The molecule has 0 N–H and O–H groups in total. The number of hydrogen-bond donors (Lipinski definition) is 0. The summed E-state index contributed by atoms with van der Waals surface area (Å²) in [5.41, 5.74) is 1.27. The first-order valence-corrected chi connectivity index (χ1v) is 8.87. The molecule has 1 fully saturated rings. The molecule has 3 heteroatoms. The third-order valence-electron chi connectivity index (χ3n) is 4.93. The van der Waals surface area contributed by atoms with Gasteiger partial charge in [-0.15, -0.1) is 0 Å². The molecule has 0 spiro atoms. The standard InChI is InChI=1S/C21H27NO2/c1-22-16-8-7-10-18(22)15-14-17-9-3-4-11-19(17)24-21-13-6-5-12-20(21)23-2/h3-6,9,11-13,18H,7-8,10,14-16H2,1-2H3. The fourth-order valence-electron chi connectivity index (χ4n) is 3.46. The molecule has 3 nitrogen and oxygen atoms in total. The van der Waals surface area contributed by atoms with Gasteiger partial charge in [-0.25, -0.2) is 0 Å². The van der Waals surface area contributed by atoms with E-state index in [0.29, 0.717) is 6.04 Å². The summed E-state index contributed by atoms with van der Waals surface area (Å²) >= 11 is 0. The SMILES string of the molecule is COc1ccccc1Oc1ccccc1CCC1CCCCN1C. The minimum Gasteiger partial charge on any atom is -0.493 e. The highest BCUT2D eigenvalue weighted by atomic mass is 16.5. The summed E-state index contributed by atoms with van der Waals surface area (Å²) in [5.74, 6) is 2.46. The molecule has 0 amide bonds. The maximum absolute atomic E-state index is 6.16. The van der Waals surface area contributed by atoms with Crippen molar-refractivity contribution in [3.63, 3.8) is 0 Å². The number of hydrogen-bond acceptors (Lipinski definition) is 3. The zero-order valence-corrected chi connectivity index (χ0v) is 14.7. The summed E-state index contributed by atoms with van der Waals surface area (Å²) in [6.07, 6.45) is 6.23. The van der Waals surface area contributed by atoms with E-state index in [0.717, 1.165) is 23.7 Å². The molecule has 2 aromatic rings. The van der Waals surface area contributed by atoms with Gasteiger partial charge in [-0.2, -0.15) is 0 Å². The van der Waals surface area contributed by atoms with Crippen LogP contribution in [0.4, 0.5) is 0 Å². The van der Waals surface area contributed by atoms with Gasteiger partial charge < -0.3 is 14.4 Å². The summed E-state index contributed by atoms with van der Waals surface area (Å²) in [5, 5.41) is 0. The van der Waals surface area contributed by atoms with Gasteiger partial charge >= 0.3 is 0 Å². The molecule has 128 valence electrons. The first-order valence-electron chi connectivity index (χ1n) is 8.87. The molecule has 1 heterocycles. The molecular weight excluding hydrogens is 298 g/mol. The van der Waals surface area contributed by atoms with Crippen LogP contribution in [0.2, 0.25) is 0 Å². The summed E-state index contributed by atoms with van der Waals surface area (Å²) < 4.78 is 11.6. The van der Waals surface area contributed by atoms with Crippen molar-refractivity contribution in [2.24, 2.45) is 0 Å². The number of ether oxygens (including phenoxy) is 2. The van der Waals surface area contributed by atoms with Gasteiger partial charge in [-0.1, -0.05) is 36.8 Å². The summed E-state index contributed by atoms with van der Waals surface area (Å²) in [4.78, 5) is 2.51. The van der Waals surface area contributed by atoms with Crippen molar-refractivity contribution in [1.82, 2.24) is 4.90 Å². The average Bonchev–Trinajstić information content (AvgIpc) is 2.62. The van der Waals surface area contributed by atoms with Crippen LogP contribution in [0, 0.1) is 0 Å². The van der Waals surface area contributed by atoms with E-state index in [2.05, 4.69) is 24.1 Å². The lowest BCUT2D eigenvalue weighted by Gasteiger charge is -2.32. The predicted molar refractivity (Wildman–Crippen MR) is 98.1 cm³/mol. The predicted octanol–water partition coefficient (Wildman–Crippen LogP) is 4.90. The second-order valence-corrected chi connectivity index (χ2v) is 6.53. The van der Waals surface area contributed by atoms with Crippen molar-refractivity contribution in [2.75, 3.05) is 20.7 Å². The Labute approximate surface area is 145 Å². The lowest BCUT2D eigenvalue weighted by atomic mass is 9.96. The summed E-state index contributed by atoms with van der Waals surface area (Å²) in [7, 11) is 3.92. The highest BCUT2D eigenvalue weighted by Gasteiger charge is 2.19. The van der Waals surface area contributed by atoms with Gasteiger partial charge in [0, 0.05) is 6.04 Å². The molecule has 0 aromatic heterocycles. The molecule has 0 saturated carbocycles. The zero-order chi connectivity index (χ0) is 16.8. The molecule has 1 atom stereocenters. The minimum absolute atomic E-state index is 0.693. The normalized spacial score (nSPS) is 18.3. The number of methoxy groups -OCH3 is 1. The van der Waals surface area contributed by atoms with Gasteiger partial charge in [0.1, 0.15) is 5.75 Å². The first kappa shape index (κ1) is 16.8. The van der Waals surface area contributed by atoms with Gasteiger partial charge in [0.05, 0.1) is 7.11 Å². The van der Waals surface area contributed by atoms with Crippen molar-refractivity contribution in [1.29, 1.82) is 0 Å². The van der Waals surface area contributed by atoms with Gasteiger partial charge in [-0.05, 0) is 63.0 Å². The molecule has 1 unspecified atom stereocenters. The Morgan fingerprint density at radius 1 is 0.958 bits per heavy atom. The van der Waals surface area contributed by atoms with Crippen molar-refractivity contribution in [2.45, 2.75) is 38.1 Å². The van der Waals surface area contributed by atoms with Crippen LogP contribution in [0.1, 0.15) is 31.2 Å². The third kappa shape index (κ3) is 4.09. The third-order valence-corrected chi connectivity index (χ3v) is 4.93. The van der Waals surface area contributed by atoms with Crippen molar-refractivity contribution in [3.05, 3.63) is 54.1 Å². The molecule has 0 radical (unpaired) electrons. The van der Waals surface area contributed by atoms with Crippen molar-refractivity contribution < 1.29 is 9.47 Å². The average molecular weight is 325 g/mol. The van der Waals surface area contributed by atoms with Gasteiger partial charge in [0.2, 0.25) is 0 Å². The largest absolute Gasteiger partial charge is 0.493 e. The lowest BCUT2D eigenvalue weighted by molar-refractivity contribution is 0.176. The number of piperidine rings is 1. The van der Waals surface area contributed by atoms with Crippen LogP contribution in [0.3, 0.4) is 0 Å². The maximum Gasteiger partial charge on any atom is 0.169 e. The summed E-state index contributed by atoms with van der Waals surface area (Å²) in [6.45, 7) is 1.23. The number of para-hydroxylation sites is 3. The van der Waals surface area contributed by atoms with E-state index < -0.39 is 0 Å². The van der Waals surface area contributed by atoms with Gasteiger partial charge in [0.15, 0.2) is 11.5 Å². The van der Waals surface area contributed by atoms with Crippen LogP contribution in [0.5, 0.6) is 17.2 Å². The Morgan fingerprint density at radius 2 is 1.67 bits per heavy atom. The Hall–Kier alpha value is -2.00. The van der Waals surface area contributed by atoms with Crippen molar-refractivity contribution >= 4 is 0 Å². The number of aryl methyl sites for hydroxylation is 1. The highest BCUT2D eigenvalue weighted by molar-refractivity contribution is 5.44. The Morgan fingerprint density at radius 3 is 2.42 bits per heavy atom. The fraction of sp³-hybridized carbons (Fsp3) is 0.429. The lowest BCUT2D eigenvalue weighted by Crippen LogP contribution is -2.36. The molecule has 3 rings (SSSR count). The van der Waals surface area contributed by atoms with Crippen LogP contribution < -0.4 is 9.47 Å². The molecule has 1 aliphatic rings. The van der Waals surface area contributed by atoms with Crippen molar-refractivity contribution in [3.8, 4) is 17.2 Å². The molecule has 24 heavy (non-hydrogen) atoms. The highest BCUT2D eigenvalue weighted by Crippen LogP contribution is 2.33. The molecule has 0 bridgehead atoms. The Bertz CT molecular complexity index is 656. The monoisotopic (exact) mass is 325 g/mol. The molecule has 0 aliphatic carbocycles. The second-order valence-electron chi connectivity index (χ2n) is 6.53. The second kappa shape index (κ2) is 8.20. The number of likely N-dealkylation sites (tertiary alicyclic amines) is 1. The van der Waals surface area contributed by atoms with Gasteiger partial charge in [0.25, 0.3) is 0 Å². The molecule has 1 saturated heterocycles. The number of rotatable bonds is 6. The van der Waals surface area contributed by atoms with E-state index in [1.807, 2.05) is 36.4 Å². The minimum atomic E-state index is 0.693. The number of nitrogens with zero attached hydrogens (tertiary/aromatic N) is 1. The van der Waals surface area contributed by atoms with Crippen LogP contribution in [0.25, 0.3) is 0 Å². The number of benzene rings is 2. The van der Waals surface area contributed by atoms with E-state index in [1.165, 1.54) is 37.8 Å². The first-order chi connectivity index (χ1) is 11.8. The fourth-order valence-corrected chi connectivity index (χ4v) is 3.46. The molecule has 2 aromatic carbocycles. The van der Waals surface area contributed by atoms with E-state index in [4.69, 9.17) is 9.47 Å². The Kier molecular flexibility index (Phi) is 5.76. The molecular formula is C21H27NO2. The topological polar surface area (TPSA) is 21.7 Å². The quantitative estimate of drug-likeness (QED) is 0.753. The molecule has 1 aliphatic heterocycles. The zero-order valence-electron chi connectivity index (χ0n) is 14.7.